The molecule has 37 heavy (non-hydrogen) atoms. The van der Waals surface area contributed by atoms with Gasteiger partial charge in [-0.25, -0.2) is 24.9 Å². The quantitative estimate of drug-likeness (QED) is 0.459. The Morgan fingerprint density at radius 2 is 1.86 bits per heavy atom. The first-order chi connectivity index (χ1) is 18.0. The third-order valence-electron chi connectivity index (χ3n) is 8.45. The number of fused-ring (bicyclic) bond motifs is 9. The molecule has 1 amide bonds. The van der Waals surface area contributed by atoms with Gasteiger partial charge in [-0.1, -0.05) is 0 Å². The lowest BCUT2D eigenvalue weighted by molar-refractivity contribution is 0.0735. The summed E-state index contributed by atoms with van der Waals surface area (Å²) in [5.41, 5.74) is 11.2. The summed E-state index contributed by atoms with van der Waals surface area (Å²) in [5.74, 6) is 1.77. The van der Waals surface area contributed by atoms with Gasteiger partial charge in [0.1, 0.15) is 11.9 Å². The standard InChI is InChI=1S/C27H26N8O2/c1-34-19-9-18(20-17(24(34)36)5-8-29-23(20)37-16-3-4-16)22-21(19)33-26-32-12-15(13-35(22)26)14-10-30-25(31-11-14)27(28)6-2-7-27/h5,8,10-13,16,18-19H,2-4,6-7,9,28H2,1H3. The Balaban J connectivity index is 1.26. The van der Waals surface area contributed by atoms with Crippen LogP contribution in [0.15, 0.2) is 37.1 Å². The van der Waals surface area contributed by atoms with Gasteiger partial charge < -0.3 is 15.4 Å². The van der Waals surface area contributed by atoms with E-state index in [1.165, 1.54) is 0 Å². The second kappa shape index (κ2) is 7.32. The molecule has 0 spiro atoms. The number of hydrogen-bond donors (Lipinski definition) is 1. The average Bonchev–Trinajstić information content (AvgIpc) is 3.55. The molecule has 2 fully saturated rings. The first kappa shape index (κ1) is 21.2. The van der Waals surface area contributed by atoms with Crippen LogP contribution in [0.5, 0.6) is 5.88 Å². The van der Waals surface area contributed by atoms with Gasteiger partial charge in [-0.3, -0.25) is 9.20 Å². The van der Waals surface area contributed by atoms with Gasteiger partial charge in [-0.15, -0.1) is 0 Å². The van der Waals surface area contributed by atoms with Crippen molar-refractivity contribution in [3.63, 3.8) is 0 Å². The Bertz CT molecular complexity index is 1590. The maximum Gasteiger partial charge on any atom is 0.254 e. The molecule has 4 aromatic rings. The fourth-order valence-electron chi connectivity index (χ4n) is 6.01. The van der Waals surface area contributed by atoms with Crippen molar-refractivity contribution in [2.24, 2.45) is 5.73 Å². The van der Waals surface area contributed by atoms with E-state index in [2.05, 4.69) is 24.3 Å². The fourth-order valence-corrected chi connectivity index (χ4v) is 6.01. The van der Waals surface area contributed by atoms with Crippen LogP contribution in [0.2, 0.25) is 0 Å². The van der Waals surface area contributed by atoms with E-state index in [-0.39, 0.29) is 24.0 Å². The molecule has 2 N–H and O–H groups in total. The second-order valence-corrected chi connectivity index (χ2v) is 10.8. The fraction of sp³-hybridized carbons (Fsp3) is 0.407. The van der Waals surface area contributed by atoms with Crippen LogP contribution >= 0.6 is 0 Å². The van der Waals surface area contributed by atoms with E-state index in [0.29, 0.717) is 23.0 Å². The number of carbonyl (C=O) groups excluding carboxylic acids is 1. The van der Waals surface area contributed by atoms with E-state index in [1.807, 2.05) is 31.7 Å². The zero-order chi connectivity index (χ0) is 24.9. The number of nitrogens with zero attached hydrogens (tertiary/aromatic N) is 7. The van der Waals surface area contributed by atoms with Crippen molar-refractivity contribution < 1.29 is 9.53 Å². The number of hydrogen-bond acceptors (Lipinski definition) is 8. The number of carbonyl (C=O) groups is 1. The molecular formula is C27H26N8O2. The van der Waals surface area contributed by atoms with E-state index in [1.54, 1.807) is 17.3 Å². The van der Waals surface area contributed by atoms with Crippen LogP contribution in [0, 0.1) is 0 Å². The number of imidazole rings is 1. The first-order valence-electron chi connectivity index (χ1n) is 12.9. The van der Waals surface area contributed by atoms with Gasteiger partial charge in [-0.2, -0.15) is 0 Å². The molecule has 1 aliphatic heterocycles. The van der Waals surface area contributed by atoms with Gasteiger partial charge in [0, 0.05) is 60.6 Å². The molecule has 186 valence electrons. The van der Waals surface area contributed by atoms with Crippen molar-refractivity contribution in [3.05, 3.63) is 65.4 Å². The van der Waals surface area contributed by atoms with Crippen LogP contribution in [0.1, 0.15) is 83.6 Å². The molecule has 2 atom stereocenters. The van der Waals surface area contributed by atoms with Crippen LogP contribution in [0.4, 0.5) is 0 Å². The summed E-state index contributed by atoms with van der Waals surface area (Å²) in [4.78, 5) is 38.6. The van der Waals surface area contributed by atoms with Crippen LogP contribution < -0.4 is 10.5 Å². The third-order valence-corrected chi connectivity index (χ3v) is 8.45. The molecule has 0 aromatic carbocycles. The monoisotopic (exact) mass is 494 g/mol. The molecule has 4 aromatic heterocycles. The average molecular weight is 495 g/mol. The topological polar surface area (TPSA) is 124 Å². The Kier molecular flexibility index (Phi) is 4.19. The van der Waals surface area contributed by atoms with Crippen molar-refractivity contribution in [2.45, 2.75) is 62.1 Å². The summed E-state index contributed by atoms with van der Waals surface area (Å²) >= 11 is 0. The lowest BCUT2D eigenvalue weighted by Gasteiger charge is -2.36. The summed E-state index contributed by atoms with van der Waals surface area (Å²) in [6, 6.07) is 1.68. The van der Waals surface area contributed by atoms with Crippen LogP contribution in [0.3, 0.4) is 0 Å². The highest BCUT2D eigenvalue weighted by Crippen LogP contribution is 2.52. The second-order valence-electron chi connectivity index (χ2n) is 10.8. The number of nitrogens with two attached hydrogens (primary N) is 1. The zero-order valence-electron chi connectivity index (χ0n) is 20.5. The van der Waals surface area contributed by atoms with Crippen molar-refractivity contribution >= 4 is 11.7 Å². The molecule has 2 bridgehead atoms. The number of pyridine rings is 1. The molecule has 0 radical (unpaired) electrons. The molecule has 10 heteroatoms. The number of amides is 1. The van der Waals surface area contributed by atoms with Gasteiger partial charge in [0.2, 0.25) is 11.7 Å². The molecule has 3 aliphatic carbocycles. The predicted molar refractivity (Wildman–Crippen MR) is 133 cm³/mol. The summed E-state index contributed by atoms with van der Waals surface area (Å²) < 4.78 is 8.27. The van der Waals surface area contributed by atoms with Crippen molar-refractivity contribution in [2.75, 3.05) is 7.05 Å². The highest BCUT2D eigenvalue weighted by molar-refractivity contribution is 5.97. The molecule has 8 rings (SSSR count). The van der Waals surface area contributed by atoms with Crippen molar-refractivity contribution in [1.29, 1.82) is 0 Å². The third kappa shape index (κ3) is 3.02. The minimum Gasteiger partial charge on any atom is -0.474 e. The minimum absolute atomic E-state index is 0.0247. The van der Waals surface area contributed by atoms with E-state index >= 15 is 0 Å². The van der Waals surface area contributed by atoms with Crippen LogP contribution in [0.25, 0.3) is 16.9 Å². The Morgan fingerprint density at radius 1 is 1.08 bits per heavy atom. The molecular weight excluding hydrogens is 468 g/mol. The first-order valence-corrected chi connectivity index (χ1v) is 12.9. The molecule has 4 aliphatic rings. The van der Waals surface area contributed by atoms with E-state index in [9.17, 15) is 4.79 Å². The van der Waals surface area contributed by atoms with E-state index in [0.717, 1.165) is 66.6 Å². The van der Waals surface area contributed by atoms with E-state index in [4.69, 9.17) is 15.5 Å². The van der Waals surface area contributed by atoms with Crippen LogP contribution in [-0.2, 0) is 5.54 Å². The smallest absolute Gasteiger partial charge is 0.254 e. The lowest BCUT2D eigenvalue weighted by atomic mass is 9.77. The largest absolute Gasteiger partial charge is 0.474 e. The number of ether oxygens (including phenoxy) is 1. The normalized spacial score (nSPS) is 23.4. The van der Waals surface area contributed by atoms with Crippen molar-refractivity contribution in [3.8, 4) is 17.0 Å². The summed E-state index contributed by atoms with van der Waals surface area (Å²) in [6.45, 7) is 0. The molecule has 2 unspecified atom stereocenters. The number of aromatic nitrogens is 6. The highest BCUT2D eigenvalue weighted by atomic mass is 16.5. The van der Waals surface area contributed by atoms with E-state index < -0.39 is 5.54 Å². The minimum atomic E-state index is -0.396. The van der Waals surface area contributed by atoms with Crippen LogP contribution in [-0.4, -0.2) is 53.3 Å². The Morgan fingerprint density at radius 3 is 2.59 bits per heavy atom. The molecule has 10 nitrogen and oxygen atoms in total. The predicted octanol–water partition coefficient (Wildman–Crippen LogP) is 3.12. The SMILES string of the molecule is CN1C(=O)c2ccnc(OC3CC3)c2C2CC1c1nc3ncc(-c4cnc(C5(N)CCC5)nc4)cn3c12. The summed E-state index contributed by atoms with van der Waals surface area (Å²) in [7, 11) is 1.85. The Hall–Kier alpha value is -3.92. The molecule has 2 saturated carbocycles. The Labute approximate surface area is 212 Å². The van der Waals surface area contributed by atoms with Gasteiger partial charge in [0.25, 0.3) is 5.91 Å². The van der Waals surface area contributed by atoms with Gasteiger partial charge in [0.15, 0.2) is 0 Å². The number of rotatable bonds is 4. The molecule has 0 saturated heterocycles. The molecule has 5 heterocycles. The van der Waals surface area contributed by atoms with Gasteiger partial charge in [-0.05, 0) is 44.6 Å². The maximum atomic E-state index is 13.4. The zero-order valence-corrected chi connectivity index (χ0v) is 20.5. The van der Waals surface area contributed by atoms with Gasteiger partial charge >= 0.3 is 0 Å². The summed E-state index contributed by atoms with van der Waals surface area (Å²) in [5, 5.41) is 0. The van der Waals surface area contributed by atoms with Crippen molar-refractivity contribution in [1.82, 2.24) is 34.2 Å². The lowest BCUT2D eigenvalue weighted by Crippen LogP contribution is -2.44. The summed E-state index contributed by atoms with van der Waals surface area (Å²) in [6.07, 6.45) is 15.1. The maximum absolute atomic E-state index is 13.4. The van der Waals surface area contributed by atoms with Gasteiger partial charge in [0.05, 0.1) is 28.5 Å². The highest BCUT2D eigenvalue weighted by Gasteiger charge is 2.47.